The lowest BCUT2D eigenvalue weighted by molar-refractivity contribution is -0.130. The maximum Gasteiger partial charge on any atom is 0.269 e. The van der Waals surface area contributed by atoms with E-state index in [1.54, 1.807) is 36.4 Å². The molecule has 0 radical (unpaired) electrons. The van der Waals surface area contributed by atoms with Crippen molar-refractivity contribution in [3.8, 4) is 17.2 Å². The summed E-state index contributed by atoms with van der Waals surface area (Å²) in [6.07, 6.45) is -1.31. The van der Waals surface area contributed by atoms with Crippen molar-refractivity contribution in [2.75, 3.05) is 12.4 Å². The lowest BCUT2D eigenvalue weighted by Crippen LogP contribution is -2.46. The third kappa shape index (κ3) is 4.99. The molecule has 30 heavy (non-hydrogen) atoms. The van der Waals surface area contributed by atoms with E-state index in [2.05, 4.69) is 16.2 Å². The maximum atomic E-state index is 12.3. The number of hydrogen-bond donors (Lipinski definition) is 3. The van der Waals surface area contributed by atoms with Crippen LogP contribution in [-0.4, -0.2) is 37.0 Å². The van der Waals surface area contributed by atoms with Gasteiger partial charge in [-0.1, -0.05) is 12.1 Å². The molecule has 1 aliphatic heterocycles. The van der Waals surface area contributed by atoms with Crippen molar-refractivity contribution in [2.24, 2.45) is 0 Å². The second kappa shape index (κ2) is 9.17. The van der Waals surface area contributed by atoms with Crippen molar-refractivity contribution in [3.63, 3.8) is 0 Å². The van der Waals surface area contributed by atoms with E-state index >= 15 is 0 Å². The zero-order valence-electron chi connectivity index (χ0n) is 16.9. The van der Waals surface area contributed by atoms with E-state index in [0.29, 0.717) is 22.9 Å². The quantitative estimate of drug-likeness (QED) is 0.625. The Kier molecular flexibility index (Phi) is 6.41. The van der Waals surface area contributed by atoms with Crippen LogP contribution in [0.5, 0.6) is 17.2 Å². The molecule has 2 aromatic rings. The zero-order valence-corrected chi connectivity index (χ0v) is 16.9. The van der Waals surface area contributed by atoms with E-state index in [0.717, 1.165) is 0 Å². The van der Waals surface area contributed by atoms with Crippen LogP contribution < -0.4 is 30.4 Å². The van der Waals surface area contributed by atoms with E-state index in [-0.39, 0.29) is 18.1 Å². The molecule has 0 aliphatic carbocycles. The molecule has 3 amide bonds. The van der Waals surface area contributed by atoms with E-state index in [1.807, 2.05) is 13.8 Å². The van der Waals surface area contributed by atoms with Gasteiger partial charge in [0, 0.05) is 5.56 Å². The number of nitrogens with one attached hydrogen (secondary N) is 3. The largest absolute Gasteiger partial charge is 0.493 e. The normalized spacial score (nSPS) is 14.8. The van der Waals surface area contributed by atoms with Gasteiger partial charge in [-0.05, 0) is 44.2 Å². The zero-order chi connectivity index (χ0) is 21.7. The first-order valence-corrected chi connectivity index (χ1v) is 9.37. The van der Waals surface area contributed by atoms with Crippen molar-refractivity contribution >= 4 is 23.4 Å². The molecule has 1 heterocycles. The van der Waals surface area contributed by atoms with Crippen molar-refractivity contribution in [2.45, 2.75) is 32.5 Å². The number of carbonyl (C=O) groups excluding carboxylic acids is 3. The van der Waals surface area contributed by atoms with Gasteiger partial charge >= 0.3 is 0 Å². The van der Waals surface area contributed by atoms with Gasteiger partial charge in [-0.25, -0.2) is 0 Å². The summed E-state index contributed by atoms with van der Waals surface area (Å²) in [7, 11) is 1.47. The second-order valence-electron chi connectivity index (χ2n) is 6.83. The molecule has 1 aliphatic rings. The molecule has 9 heteroatoms. The molecule has 0 saturated carbocycles. The monoisotopic (exact) mass is 413 g/mol. The summed E-state index contributed by atoms with van der Waals surface area (Å²) >= 11 is 0. The van der Waals surface area contributed by atoms with Gasteiger partial charge in [0.1, 0.15) is 5.75 Å². The summed E-state index contributed by atoms with van der Waals surface area (Å²) < 4.78 is 16.4. The molecule has 1 atom stereocenters. The van der Waals surface area contributed by atoms with Crippen LogP contribution in [0.4, 0.5) is 5.69 Å². The van der Waals surface area contributed by atoms with Gasteiger partial charge in [0.05, 0.1) is 25.3 Å². The summed E-state index contributed by atoms with van der Waals surface area (Å²) in [5.41, 5.74) is 5.41. The number of amides is 3. The number of hydrogen-bond acceptors (Lipinski definition) is 6. The molecular weight excluding hydrogens is 390 g/mol. The van der Waals surface area contributed by atoms with E-state index < -0.39 is 23.8 Å². The van der Waals surface area contributed by atoms with Crippen LogP contribution in [0.1, 0.15) is 30.6 Å². The summed E-state index contributed by atoms with van der Waals surface area (Å²) in [5.74, 6) is -0.162. The molecule has 0 unspecified atom stereocenters. The SMILES string of the molecule is COc1cc(C(=O)NNC(=O)C[C@@H]2Oc3ccccc3NC2=O)ccc1OC(C)C. The molecule has 0 aromatic heterocycles. The van der Waals surface area contributed by atoms with Gasteiger partial charge in [0.15, 0.2) is 17.6 Å². The van der Waals surface area contributed by atoms with Crippen LogP contribution in [0.25, 0.3) is 0 Å². The van der Waals surface area contributed by atoms with Crippen LogP contribution >= 0.6 is 0 Å². The fraction of sp³-hybridized carbons (Fsp3) is 0.286. The number of ether oxygens (including phenoxy) is 3. The minimum Gasteiger partial charge on any atom is -0.493 e. The summed E-state index contributed by atoms with van der Waals surface area (Å²) in [6.45, 7) is 3.76. The summed E-state index contributed by atoms with van der Waals surface area (Å²) in [5, 5.41) is 2.68. The molecule has 0 saturated heterocycles. The highest BCUT2D eigenvalue weighted by Crippen LogP contribution is 2.30. The topological polar surface area (TPSA) is 115 Å². The average molecular weight is 413 g/mol. The highest BCUT2D eigenvalue weighted by molar-refractivity contribution is 6.00. The Hall–Kier alpha value is -3.75. The first-order chi connectivity index (χ1) is 14.4. The van der Waals surface area contributed by atoms with Crippen molar-refractivity contribution < 1.29 is 28.6 Å². The van der Waals surface area contributed by atoms with Crippen LogP contribution in [0, 0.1) is 0 Å². The molecule has 0 bridgehead atoms. The lowest BCUT2D eigenvalue weighted by atomic mass is 10.1. The highest BCUT2D eigenvalue weighted by atomic mass is 16.5. The van der Waals surface area contributed by atoms with Crippen molar-refractivity contribution in [1.29, 1.82) is 0 Å². The van der Waals surface area contributed by atoms with Crippen LogP contribution in [0.15, 0.2) is 42.5 Å². The van der Waals surface area contributed by atoms with E-state index in [4.69, 9.17) is 14.2 Å². The molecule has 9 nitrogen and oxygen atoms in total. The van der Waals surface area contributed by atoms with Crippen LogP contribution in [0.2, 0.25) is 0 Å². The maximum absolute atomic E-state index is 12.3. The Morgan fingerprint density at radius 1 is 1.13 bits per heavy atom. The minimum atomic E-state index is -0.996. The summed E-state index contributed by atoms with van der Waals surface area (Å²) in [4.78, 5) is 36.6. The number of methoxy groups -OCH3 is 1. The first-order valence-electron chi connectivity index (χ1n) is 9.37. The number of para-hydroxylation sites is 2. The van der Waals surface area contributed by atoms with Crippen LogP contribution in [0.3, 0.4) is 0 Å². The van der Waals surface area contributed by atoms with Crippen LogP contribution in [-0.2, 0) is 9.59 Å². The Morgan fingerprint density at radius 3 is 2.63 bits per heavy atom. The Balaban J connectivity index is 1.56. The molecule has 0 fully saturated rings. The third-order valence-electron chi connectivity index (χ3n) is 4.18. The lowest BCUT2D eigenvalue weighted by Gasteiger charge is -2.25. The van der Waals surface area contributed by atoms with Gasteiger partial charge < -0.3 is 19.5 Å². The first kappa shape index (κ1) is 21.0. The number of benzene rings is 2. The predicted octanol–water partition coefficient (Wildman–Crippen LogP) is 2.03. The minimum absolute atomic E-state index is 0.0518. The smallest absolute Gasteiger partial charge is 0.269 e. The number of fused-ring (bicyclic) bond motifs is 1. The number of anilines is 1. The fourth-order valence-electron chi connectivity index (χ4n) is 2.81. The van der Waals surface area contributed by atoms with Gasteiger partial charge in [0.2, 0.25) is 5.91 Å². The highest BCUT2D eigenvalue weighted by Gasteiger charge is 2.29. The van der Waals surface area contributed by atoms with Gasteiger partial charge in [-0.3, -0.25) is 25.2 Å². The molecule has 0 spiro atoms. The van der Waals surface area contributed by atoms with Crippen molar-refractivity contribution in [3.05, 3.63) is 48.0 Å². The van der Waals surface area contributed by atoms with E-state index in [1.165, 1.54) is 13.2 Å². The molecule has 158 valence electrons. The standard InChI is InChI=1S/C21H23N3O6/c1-12(2)29-16-9-8-13(10-17(16)28-3)20(26)24-23-19(25)11-18-21(27)22-14-6-4-5-7-15(14)30-18/h4-10,12,18H,11H2,1-3H3,(H,22,27)(H,23,25)(H,24,26)/t18-/m0/s1. The average Bonchev–Trinajstić information content (AvgIpc) is 2.72. The molecular formula is C21H23N3O6. The Bertz CT molecular complexity index is 960. The summed E-state index contributed by atoms with van der Waals surface area (Å²) in [6, 6.07) is 11.6. The van der Waals surface area contributed by atoms with Crippen molar-refractivity contribution in [1.82, 2.24) is 10.9 Å². The van der Waals surface area contributed by atoms with Gasteiger partial charge in [0.25, 0.3) is 11.8 Å². The number of carbonyl (C=O) groups is 3. The Morgan fingerprint density at radius 2 is 1.90 bits per heavy atom. The molecule has 3 rings (SSSR count). The molecule has 2 aromatic carbocycles. The third-order valence-corrected chi connectivity index (χ3v) is 4.18. The predicted molar refractivity (Wildman–Crippen MR) is 108 cm³/mol. The molecule has 3 N–H and O–H groups in total. The van der Waals surface area contributed by atoms with E-state index in [9.17, 15) is 14.4 Å². The fourth-order valence-corrected chi connectivity index (χ4v) is 2.81. The van der Waals surface area contributed by atoms with Gasteiger partial charge in [-0.15, -0.1) is 0 Å². The van der Waals surface area contributed by atoms with Gasteiger partial charge in [-0.2, -0.15) is 0 Å². The second-order valence-corrected chi connectivity index (χ2v) is 6.83. The number of hydrazine groups is 1. The number of rotatable bonds is 6. The Labute approximate surface area is 173 Å².